The zero-order chi connectivity index (χ0) is 27.1. The second kappa shape index (κ2) is 10.1. The summed E-state index contributed by atoms with van der Waals surface area (Å²) in [7, 11) is 0. The highest BCUT2D eigenvalue weighted by molar-refractivity contribution is 5.74. The lowest BCUT2D eigenvalue weighted by molar-refractivity contribution is -0.137. The van der Waals surface area contributed by atoms with Crippen LogP contribution < -0.4 is 0 Å². The Morgan fingerprint density at radius 1 is 1.05 bits per heavy atom. The van der Waals surface area contributed by atoms with Gasteiger partial charge in [-0.05, 0) is 64.8 Å². The molecule has 0 aliphatic heterocycles. The first-order valence-electron chi connectivity index (χ1n) is 12.2. The zero-order valence-electron chi connectivity index (χ0n) is 20.9. The third kappa shape index (κ3) is 5.70. The van der Waals surface area contributed by atoms with E-state index in [1.54, 1.807) is 19.1 Å². The van der Waals surface area contributed by atoms with E-state index in [4.69, 9.17) is 4.98 Å². The van der Waals surface area contributed by atoms with Crippen LogP contribution in [0, 0.1) is 11.2 Å². The van der Waals surface area contributed by atoms with E-state index in [9.17, 15) is 27.8 Å². The van der Waals surface area contributed by atoms with Crippen LogP contribution in [0.2, 0.25) is 0 Å². The molecule has 3 nitrogen and oxygen atoms in total. The first kappa shape index (κ1) is 27.2. The van der Waals surface area contributed by atoms with E-state index >= 15 is 4.39 Å². The fraction of sp³-hybridized carbons (Fsp3) is 0.414. The molecule has 0 saturated carbocycles. The zero-order valence-corrected chi connectivity index (χ0v) is 20.9. The van der Waals surface area contributed by atoms with Crippen LogP contribution in [0.4, 0.5) is 22.0 Å². The van der Waals surface area contributed by atoms with E-state index in [1.165, 1.54) is 12.1 Å². The summed E-state index contributed by atoms with van der Waals surface area (Å²) in [6.07, 6.45) is -6.35. The summed E-state index contributed by atoms with van der Waals surface area (Å²) in [4.78, 5) is 4.82. The number of aliphatic hydroxyl groups is 2. The maximum absolute atomic E-state index is 15.7. The third-order valence-electron chi connectivity index (χ3n) is 7.03. The molecule has 2 unspecified atom stereocenters. The number of halogens is 5. The van der Waals surface area contributed by atoms with Gasteiger partial charge in [-0.3, -0.25) is 4.98 Å². The van der Waals surface area contributed by atoms with Gasteiger partial charge in [-0.15, -0.1) is 0 Å². The summed E-state index contributed by atoms with van der Waals surface area (Å²) in [5, 5.41) is 21.2. The van der Waals surface area contributed by atoms with E-state index in [-0.39, 0.29) is 24.0 Å². The Hall–Kier alpha value is -2.84. The Bertz CT molecular complexity index is 1250. The van der Waals surface area contributed by atoms with Gasteiger partial charge in [-0.2, -0.15) is 13.2 Å². The highest BCUT2D eigenvalue weighted by Crippen LogP contribution is 2.47. The molecule has 1 aliphatic rings. The molecule has 198 valence electrons. The van der Waals surface area contributed by atoms with Crippen LogP contribution in [0.3, 0.4) is 0 Å². The van der Waals surface area contributed by atoms with Crippen LogP contribution >= 0.6 is 0 Å². The molecule has 1 aliphatic carbocycles. The van der Waals surface area contributed by atoms with Crippen LogP contribution in [0.15, 0.2) is 48.5 Å². The Morgan fingerprint density at radius 3 is 2.24 bits per heavy atom. The van der Waals surface area contributed by atoms with Gasteiger partial charge in [-0.1, -0.05) is 45.0 Å². The minimum absolute atomic E-state index is 0.0695. The van der Waals surface area contributed by atoms with Crippen molar-refractivity contribution in [3.63, 3.8) is 0 Å². The Labute approximate surface area is 213 Å². The van der Waals surface area contributed by atoms with Crippen molar-refractivity contribution in [2.75, 3.05) is 6.61 Å². The Kier molecular flexibility index (Phi) is 7.45. The maximum Gasteiger partial charge on any atom is 0.416 e. The summed E-state index contributed by atoms with van der Waals surface area (Å²) in [6, 6.07) is 9.59. The number of aromatic nitrogens is 1. The van der Waals surface area contributed by atoms with Crippen molar-refractivity contribution in [1.29, 1.82) is 0 Å². The molecule has 0 amide bonds. The number of aliphatic hydroxyl groups excluding tert-OH is 2. The van der Waals surface area contributed by atoms with Gasteiger partial charge < -0.3 is 10.2 Å². The van der Waals surface area contributed by atoms with Gasteiger partial charge in [0.15, 0.2) is 0 Å². The molecule has 0 fully saturated rings. The van der Waals surface area contributed by atoms with Crippen molar-refractivity contribution in [1.82, 2.24) is 4.98 Å². The fourth-order valence-electron chi connectivity index (χ4n) is 5.18. The number of pyridine rings is 1. The predicted octanol–water partition coefficient (Wildman–Crippen LogP) is 7.26. The fourth-order valence-corrected chi connectivity index (χ4v) is 5.18. The molecule has 37 heavy (non-hydrogen) atoms. The lowest BCUT2D eigenvalue weighted by atomic mass is 9.71. The van der Waals surface area contributed by atoms with Crippen molar-refractivity contribution in [3.05, 3.63) is 88.0 Å². The van der Waals surface area contributed by atoms with E-state index in [0.29, 0.717) is 46.5 Å². The van der Waals surface area contributed by atoms with Gasteiger partial charge in [0.25, 0.3) is 0 Å². The molecule has 0 bridgehead atoms. The van der Waals surface area contributed by atoms with Gasteiger partial charge in [0.2, 0.25) is 0 Å². The Balaban J connectivity index is 1.90. The van der Waals surface area contributed by atoms with Crippen LogP contribution in [0.25, 0.3) is 11.1 Å². The number of rotatable bonds is 6. The van der Waals surface area contributed by atoms with Gasteiger partial charge in [0.1, 0.15) is 12.0 Å². The number of fused-ring (bicyclic) bond motifs is 1. The van der Waals surface area contributed by atoms with Gasteiger partial charge >= 0.3 is 6.18 Å². The lowest BCUT2D eigenvalue weighted by Crippen LogP contribution is -2.29. The van der Waals surface area contributed by atoms with Crippen molar-refractivity contribution in [2.45, 2.75) is 64.4 Å². The summed E-state index contributed by atoms with van der Waals surface area (Å²) in [5.41, 5.74) is 2.16. The number of hydrogen-bond acceptors (Lipinski definition) is 3. The Morgan fingerprint density at radius 2 is 1.68 bits per heavy atom. The molecule has 0 spiro atoms. The third-order valence-corrected chi connectivity index (χ3v) is 7.03. The van der Waals surface area contributed by atoms with Crippen molar-refractivity contribution < 1.29 is 32.2 Å². The minimum atomic E-state index is -4.53. The first-order chi connectivity index (χ1) is 17.3. The second-order valence-electron chi connectivity index (χ2n) is 10.7. The highest BCUT2D eigenvalue weighted by Gasteiger charge is 2.37. The molecular weight excluding hydrogens is 489 g/mol. The molecule has 0 saturated heterocycles. The minimum Gasteiger partial charge on any atom is -0.396 e. The van der Waals surface area contributed by atoms with Crippen molar-refractivity contribution in [2.24, 2.45) is 5.41 Å². The van der Waals surface area contributed by atoms with Crippen LogP contribution in [-0.4, -0.2) is 21.8 Å². The molecule has 2 aromatic carbocycles. The summed E-state index contributed by atoms with van der Waals surface area (Å²) in [5.74, 6) is -0.923. The van der Waals surface area contributed by atoms with Crippen molar-refractivity contribution in [3.8, 4) is 11.1 Å². The second-order valence-corrected chi connectivity index (χ2v) is 10.7. The highest BCUT2D eigenvalue weighted by atomic mass is 19.4. The normalized spacial score (nSPS) is 18.8. The number of alkyl halides is 4. The molecule has 4 rings (SSSR count). The number of hydrogen-bond donors (Lipinski definition) is 2. The summed E-state index contributed by atoms with van der Waals surface area (Å²) in [6.45, 7) is 5.53. The quantitative estimate of drug-likeness (QED) is 0.337. The van der Waals surface area contributed by atoms with E-state index in [1.807, 2.05) is 13.8 Å². The smallest absolute Gasteiger partial charge is 0.396 e. The van der Waals surface area contributed by atoms with Crippen LogP contribution in [0.1, 0.15) is 79.0 Å². The van der Waals surface area contributed by atoms with Crippen LogP contribution in [-0.2, 0) is 19.0 Å². The standard InChI is InChI=1S/C29H30F5NO2/c1-16(15-36)27-21(12-22(31)17-4-8-19(9-5-17)29(32,33)34)25(18-6-10-20(30)11-7-18)26-23(35-27)13-28(2,3)14-24(26)37/h4-11,16,22,24,36-37H,12-15H2,1-3H3/t16-,22?,24?/m0/s1. The predicted molar refractivity (Wildman–Crippen MR) is 131 cm³/mol. The van der Waals surface area contributed by atoms with E-state index in [2.05, 4.69) is 0 Å². The average molecular weight is 520 g/mol. The molecule has 1 heterocycles. The number of benzene rings is 2. The average Bonchev–Trinajstić information content (AvgIpc) is 2.82. The molecule has 1 aromatic heterocycles. The SMILES string of the molecule is C[C@@H](CO)c1nc2c(c(-c3ccc(F)cc3)c1CC(F)c1ccc(C(F)(F)F)cc1)C(O)CC(C)(C)C2. The molecule has 2 N–H and O–H groups in total. The molecule has 3 aromatic rings. The topological polar surface area (TPSA) is 53.4 Å². The van der Waals surface area contributed by atoms with Gasteiger partial charge in [-0.25, -0.2) is 8.78 Å². The molecule has 3 atom stereocenters. The largest absolute Gasteiger partial charge is 0.416 e. The number of nitrogens with zero attached hydrogens (tertiary/aromatic N) is 1. The summed E-state index contributed by atoms with van der Waals surface area (Å²) >= 11 is 0. The lowest BCUT2D eigenvalue weighted by Gasteiger charge is -2.37. The first-order valence-corrected chi connectivity index (χ1v) is 12.2. The van der Waals surface area contributed by atoms with Crippen LogP contribution in [0.5, 0.6) is 0 Å². The van der Waals surface area contributed by atoms with Gasteiger partial charge in [0, 0.05) is 29.3 Å². The molecule has 8 heteroatoms. The van der Waals surface area contributed by atoms with Crippen molar-refractivity contribution >= 4 is 0 Å². The molecular formula is C29H30F5NO2. The molecule has 0 radical (unpaired) electrons. The monoisotopic (exact) mass is 519 g/mol. The maximum atomic E-state index is 15.7. The van der Waals surface area contributed by atoms with Gasteiger partial charge in [0.05, 0.1) is 18.3 Å². The van der Waals surface area contributed by atoms with E-state index < -0.39 is 35.8 Å². The summed E-state index contributed by atoms with van der Waals surface area (Å²) < 4.78 is 68.5. The van der Waals surface area contributed by atoms with E-state index in [0.717, 1.165) is 24.3 Å².